The summed E-state index contributed by atoms with van der Waals surface area (Å²) >= 11 is 0. The van der Waals surface area contributed by atoms with Gasteiger partial charge in [-0.25, -0.2) is 0 Å². The molecular weight excluding hydrogens is 494 g/mol. The van der Waals surface area contributed by atoms with Crippen LogP contribution in [0.25, 0.3) is 0 Å². The lowest BCUT2D eigenvalue weighted by molar-refractivity contribution is -0.284. The lowest BCUT2D eigenvalue weighted by Gasteiger charge is -2.38. The van der Waals surface area contributed by atoms with Crippen molar-refractivity contribution in [3.05, 3.63) is 0 Å². The Morgan fingerprint density at radius 2 is 1.58 bits per heavy atom. The third kappa shape index (κ3) is 6.06. The van der Waals surface area contributed by atoms with Gasteiger partial charge in [0.25, 0.3) is 0 Å². The van der Waals surface area contributed by atoms with Crippen molar-refractivity contribution in [2.45, 2.75) is 84.9 Å². The first-order chi connectivity index (χ1) is 16.2. The number of alkyl halides is 6. The lowest BCUT2D eigenvalue weighted by atomic mass is 9.84. The Kier molecular flexibility index (Phi) is 8.04. The first-order valence-electron chi connectivity index (χ1n) is 11.6. The van der Waals surface area contributed by atoms with E-state index in [-0.39, 0.29) is 23.8 Å². The van der Waals surface area contributed by atoms with E-state index in [1.165, 1.54) is 25.7 Å². The van der Waals surface area contributed by atoms with Gasteiger partial charge >= 0.3 is 12.4 Å². The van der Waals surface area contributed by atoms with Crippen LogP contribution in [-0.4, -0.2) is 59.6 Å². The summed E-state index contributed by atoms with van der Waals surface area (Å²) in [5.74, 6) is -7.10. The summed E-state index contributed by atoms with van der Waals surface area (Å²) in [5.41, 5.74) is -1.37. The van der Waals surface area contributed by atoms with Crippen LogP contribution in [0.5, 0.6) is 0 Å². The SMILES string of the molecule is CC[C@@H](C#N)NC(=O)[C@@H]1[C@@H]2[C@H](CN1C(=O)[C@@H](NC(=O)CC(C(F)(F)F)C(F)(F)F)C(C)(C)C)C2(C)C. The molecule has 204 valence electrons. The molecule has 7 nitrogen and oxygen atoms in total. The molecule has 5 atom stereocenters. The van der Waals surface area contributed by atoms with Gasteiger partial charge in [0.05, 0.1) is 6.07 Å². The van der Waals surface area contributed by atoms with Crippen molar-refractivity contribution >= 4 is 17.7 Å². The molecule has 1 aliphatic heterocycles. The first kappa shape index (κ1) is 29.7. The van der Waals surface area contributed by atoms with Crippen molar-refractivity contribution in [2.24, 2.45) is 28.6 Å². The summed E-state index contributed by atoms with van der Waals surface area (Å²) in [6, 6.07) is -1.33. The van der Waals surface area contributed by atoms with Crippen molar-refractivity contribution in [3.63, 3.8) is 0 Å². The quantitative estimate of drug-likeness (QED) is 0.496. The van der Waals surface area contributed by atoms with Gasteiger partial charge in [0.2, 0.25) is 17.7 Å². The molecule has 1 aliphatic carbocycles. The Hall–Kier alpha value is -2.52. The zero-order chi connectivity index (χ0) is 28.0. The van der Waals surface area contributed by atoms with Gasteiger partial charge in [0.1, 0.15) is 18.1 Å². The number of nitrogens with one attached hydrogen (secondary N) is 2. The van der Waals surface area contributed by atoms with Crippen LogP contribution in [0.1, 0.15) is 54.4 Å². The largest absolute Gasteiger partial charge is 0.400 e. The molecule has 2 N–H and O–H groups in total. The zero-order valence-electron chi connectivity index (χ0n) is 21.0. The highest BCUT2D eigenvalue weighted by molar-refractivity contribution is 5.94. The van der Waals surface area contributed by atoms with Crippen LogP contribution in [0.4, 0.5) is 26.3 Å². The molecule has 0 radical (unpaired) electrons. The number of likely N-dealkylation sites (tertiary alicyclic amines) is 1. The number of nitrogens with zero attached hydrogens (tertiary/aromatic N) is 2. The van der Waals surface area contributed by atoms with Crippen LogP contribution < -0.4 is 10.6 Å². The molecule has 2 fully saturated rings. The number of carbonyl (C=O) groups is 3. The number of piperidine rings is 1. The third-order valence-corrected chi connectivity index (χ3v) is 7.24. The van der Waals surface area contributed by atoms with Crippen LogP contribution in [0.15, 0.2) is 0 Å². The summed E-state index contributed by atoms with van der Waals surface area (Å²) in [6.07, 6.45) is -13.0. The van der Waals surface area contributed by atoms with Gasteiger partial charge in [-0.2, -0.15) is 31.6 Å². The standard InChI is InChI=1S/C23H32F6N4O3/c1-7-11(9-30)31-18(35)16-15-12(21(15,5)6)10-33(16)19(36)17(20(2,3)4)32-14(34)8-13(22(24,25)26)23(27,28)29/h11-13,15-17H,7-8,10H2,1-6H3,(H,31,35)(H,32,34)/t11-,12-,15-,16-,17+/m0/s1. The fourth-order valence-electron chi connectivity index (χ4n) is 4.93. The molecule has 2 aliphatic rings. The highest BCUT2D eigenvalue weighted by Gasteiger charge is 2.70. The molecule has 0 unspecified atom stereocenters. The molecule has 0 aromatic rings. The fraction of sp³-hybridized carbons (Fsp3) is 0.826. The number of fused-ring (bicyclic) bond motifs is 1. The van der Waals surface area contributed by atoms with Crippen LogP contribution in [0.3, 0.4) is 0 Å². The average molecular weight is 527 g/mol. The number of amides is 3. The summed E-state index contributed by atoms with van der Waals surface area (Å²) in [7, 11) is 0. The molecule has 0 aromatic carbocycles. The Morgan fingerprint density at radius 3 is 2.00 bits per heavy atom. The Bertz CT molecular complexity index is 905. The molecule has 0 spiro atoms. The van der Waals surface area contributed by atoms with Crippen molar-refractivity contribution in [3.8, 4) is 6.07 Å². The Balaban J connectivity index is 2.29. The van der Waals surface area contributed by atoms with Crippen LogP contribution in [0.2, 0.25) is 0 Å². The second-order valence-electron chi connectivity index (χ2n) is 11.2. The van der Waals surface area contributed by atoms with E-state index in [1.54, 1.807) is 6.92 Å². The minimum atomic E-state index is -5.70. The van der Waals surface area contributed by atoms with Crippen LogP contribution >= 0.6 is 0 Å². The van der Waals surface area contributed by atoms with Gasteiger partial charge in [-0.05, 0) is 29.1 Å². The van der Waals surface area contributed by atoms with Crippen LogP contribution in [-0.2, 0) is 14.4 Å². The highest BCUT2D eigenvalue weighted by Crippen LogP contribution is 2.65. The summed E-state index contributed by atoms with van der Waals surface area (Å²) in [5, 5.41) is 13.9. The molecule has 1 heterocycles. The van der Waals surface area contributed by atoms with E-state index in [4.69, 9.17) is 0 Å². The van der Waals surface area contributed by atoms with Gasteiger partial charge in [-0.15, -0.1) is 0 Å². The smallest absolute Gasteiger partial charge is 0.344 e. The number of hydrogen-bond acceptors (Lipinski definition) is 4. The monoisotopic (exact) mass is 526 g/mol. The third-order valence-electron chi connectivity index (χ3n) is 7.24. The number of hydrogen-bond donors (Lipinski definition) is 2. The number of rotatable bonds is 7. The van der Waals surface area contributed by atoms with Gasteiger partial charge < -0.3 is 15.5 Å². The van der Waals surface area contributed by atoms with E-state index in [1.807, 2.05) is 19.9 Å². The van der Waals surface area contributed by atoms with E-state index in [2.05, 4.69) is 10.6 Å². The summed E-state index contributed by atoms with van der Waals surface area (Å²) in [4.78, 5) is 40.2. The second kappa shape index (κ2) is 9.74. The fourth-order valence-corrected chi connectivity index (χ4v) is 4.93. The Morgan fingerprint density at radius 1 is 1.06 bits per heavy atom. The molecule has 13 heteroatoms. The number of halogens is 6. The van der Waals surface area contributed by atoms with E-state index >= 15 is 0 Å². The van der Waals surface area contributed by atoms with Crippen molar-refractivity contribution in [1.29, 1.82) is 5.26 Å². The molecular formula is C23H32F6N4O3. The predicted molar refractivity (Wildman–Crippen MR) is 116 cm³/mol. The second-order valence-corrected chi connectivity index (χ2v) is 11.2. The maximum absolute atomic E-state index is 13.5. The Labute approximate surface area is 205 Å². The molecule has 3 amide bonds. The van der Waals surface area contributed by atoms with Crippen LogP contribution in [0, 0.1) is 39.9 Å². The van der Waals surface area contributed by atoms with Crippen molar-refractivity contribution in [2.75, 3.05) is 6.54 Å². The maximum Gasteiger partial charge on any atom is 0.400 e. The number of nitriles is 1. The topological polar surface area (TPSA) is 102 Å². The molecule has 1 saturated carbocycles. The molecule has 2 rings (SSSR count). The molecule has 0 aromatic heterocycles. The average Bonchev–Trinajstić information content (AvgIpc) is 3.06. The lowest BCUT2D eigenvalue weighted by Crippen LogP contribution is -2.60. The molecule has 0 bridgehead atoms. The molecule has 36 heavy (non-hydrogen) atoms. The number of carbonyl (C=O) groups excluding carboxylic acids is 3. The van der Waals surface area contributed by atoms with Gasteiger partial charge in [0, 0.05) is 13.0 Å². The molecule has 1 saturated heterocycles. The first-order valence-corrected chi connectivity index (χ1v) is 11.6. The predicted octanol–water partition coefficient (Wildman–Crippen LogP) is 3.55. The van der Waals surface area contributed by atoms with E-state index in [0.717, 1.165) is 0 Å². The minimum absolute atomic E-state index is 0.0597. The van der Waals surface area contributed by atoms with Gasteiger partial charge in [-0.1, -0.05) is 41.5 Å². The van der Waals surface area contributed by atoms with E-state index < -0.39 is 66.0 Å². The summed E-state index contributed by atoms with van der Waals surface area (Å²) < 4.78 is 77.6. The van der Waals surface area contributed by atoms with Crippen molar-refractivity contribution < 1.29 is 40.7 Å². The normalized spacial score (nSPS) is 25.0. The van der Waals surface area contributed by atoms with Gasteiger partial charge in [-0.3, -0.25) is 14.4 Å². The maximum atomic E-state index is 13.5. The minimum Gasteiger partial charge on any atom is -0.344 e. The van der Waals surface area contributed by atoms with E-state index in [0.29, 0.717) is 6.42 Å². The highest BCUT2D eigenvalue weighted by atomic mass is 19.4. The van der Waals surface area contributed by atoms with E-state index in [9.17, 15) is 46.0 Å². The summed E-state index contributed by atoms with van der Waals surface area (Å²) in [6.45, 7) is 10.2. The zero-order valence-corrected chi connectivity index (χ0v) is 21.0. The van der Waals surface area contributed by atoms with Gasteiger partial charge in [0.15, 0.2) is 5.92 Å². The van der Waals surface area contributed by atoms with Crippen molar-refractivity contribution in [1.82, 2.24) is 15.5 Å².